The van der Waals surface area contributed by atoms with E-state index in [0.717, 1.165) is 4.31 Å². The first-order chi connectivity index (χ1) is 14.9. The zero-order valence-corrected chi connectivity index (χ0v) is 20.8. The molecule has 1 aliphatic heterocycles. The normalized spacial score (nSPS) is 20.1. The minimum atomic E-state index is -4.12. The van der Waals surface area contributed by atoms with Gasteiger partial charge in [-0.25, -0.2) is 18.2 Å². The summed E-state index contributed by atoms with van der Waals surface area (Å²) in [5.41, 5.74) is -0.866. The Kier molecular flexibility index (Phi) is 7.51. The van der Waals surface area contributed by atoms with Gasteiger partial charge in [0.15, 0.2) is 0 Å². The molecule has 1 aromatic carbocycles. The Morgan fingerprint density at radius 2 is 1.94 bits per heavy atom. The van der Waals surface area contributed by atoms with Crippen molar-refractivity contribution >= 4 is 61.0 Å². The molecule has 2 atom stereocenters. The summed E-state index contributed by atoms with van der Waals surface area (Å²) in [7, 11) is -4.12. The maximum Gasteiger partial charge on any atom is 0.326 e. The SMILES string of the molecule is C[C@@]1(C(=O)N[C@@H](Cc2ccc(Br)nc2)C(=O)O)CCCN1S(=O)(=O)c1cc(Cl)cc(Cl)c1. The first-order valence-corrected chi connectivity index (χ1v) is 12.6. The highest BCUT2D eigenvalue weighted by molar-refractivity contribution is 9.10. The van der Waals surface area contributed by atoms with Gasteiger partial charge in [0, 0.05) is 29.2 Å². The van der Waals surface area contributed by atoms with Gasteiger partial charge < -0.3 is 10.4 Å². The summed E-state index contributed by atoms with van der Waals surface area (Å²) >= 11 is 15.1. The van der Waals surface area contributed by atoms with E-state index in [1.165, 1.54) is 31.3 Å². The molecule has 1 amide bonds. The molecule has 0 radical (unpaired) electrons. The second kappa shape index (κ2) is 9.64. The average Bonchev–Trinajstić information content (AvgIpc) is 3.12. The fourth-order valence-electron chi connectivity index (χ4n) is 3.63. The van der Waals surface area contributed by atoms with Gasteiger partial charge in [-0.15, -0.1) is 0 Å². The number of carboxylic acids is 1. The van der Waals surface area contributed by atoms with Crippen LogP contribution >= 0.6 is 39.1 Å². The highest BCUT2D eigenvalue weighted by Crippen LogP contribution is 2.36. The smallest absolute Gasteiger partial charge is 0.326 e. The van der Waals surface area contributed by atoms with E-state index in [2.05, 4.69) is 26.2 Å². The van der Waals surface area contributed by atoms with Gasteiger partial charge in [-0.2, -0.15) is 4.31 Å². The molecule has 0 aliphatic carbocycles. The number of benzene rings is 1. The van der Waals surface area contributed by atoms with Crippen LogP contribution in [0.2, 0.25) is 10.0 Å². The van der Waals surface area contributed by atoms with Gasteiger partial charge in [0.1, 0.15) is 16.2 Å². The van der Waals surface area contributed by atoms with Crippen LogP contribution in [0.1, 0.15) is 25.3 Å². The summed E-state index contributed by atoms with van der Waals surface area (Å²) < 4.78 is 28.3. The lowest BCUT2D eigenvalue weighted by Crippen LogP contribution is -2.58. The van der Waals surface area contributed by atoms with Crippen molar-refractivity contribution in [3.05, 3.63) is 56.7 Å². The molecule has 2 heterocycles. The number of pyridine rings is 1. The van der Waals surface area contributed by atoms with E-state index >= 15 is 0 Å². The molecule has 32 heavy (non-hydrogen) atoms. The summed E-state index contributed by atoms with van der Waals surface area (Å²) in [6.07, 6.45) is 2.17. The van der Waals surface area contributed by atoms with E-state index in [-0.39, 0.29) is 34.3 Å². The van der Waals surface area contributed by atoms with Crippen molar-refractivity contribution in [3.63, 3.8) is 0 Å². The van der Waals surface area contributed by atoms with Crippen molar-refractivity contribution in [3.8, 4) is 0 Å². The molecule has 0 spiro atoms. The molecular weight excluding hydrogens is 545 g/mol. The number of rotatable bonds is 7. The van der Waals surface area contributed by atoms with Crippen molar-refractivity contribution in [2.45, 2.75) is 42.7 Å². The zero-order valence-electron chi connectivity index (χ0n) is 16.9. The van der Waals surface area contributed by atoms with E-state index in [4.69, 9.17) is 23.2 Å². The Balaban J connectivity index is 1.86. The van der Waals surface area contributed by atoms with Crippen LogP contribution in [0.4, 0.5) is 0 Å². The van der Waals surface area contributed by atoms with Crippen LogP contribution in [0.3, 0.4) is 0 Å². The number of carbonyl (C=O) groups is 2. The van der Waals surface area contributed by atoms with Gasteiger partial charge in [-0.3, -0.25) is 4.79 Å². The minimum Gasteiger partial charge on any atom is -0.480 e. The third kappa shape index (κ3) is 5.26. The number of nitrogens with one attached hydrogen (secondary N) is 1. The van der Waals surface area contributed by atoms with E-state index in [1.807, 2.05) is 0 Å². The maximum atomic E-state index is 13.3. The predicted octanol–water partition coefficient (Wildman–Crippen LogP) is 3.51. The fraction of sp³-hybridized carbons (Fsp3) is 0.350. The van der Waals surface area contributed by atoms with E-state index < -0.39 is 33.5 Å². The van der Waals surface area contributed by atoms with Gasteiger partial charge in [0.2, 0.25) is 15.9 Å². The second-order valence-electron chi connectivity index (χ2n) is 7.62. The first kappa shape index (κ1) is 24.9. The average molecular weight is 565 g/mol. The maximum absolute atomic E-state index is 13.3. The van der Waals surface area contributed by atoms with Gasteiger partial charge in [0.25, 0.3) is 0 Å². The Bertz CT molecular complexity index is 1130. The molecule has 3 rings (SSSR count). The number of hydrogen-bond donors (Lipinski definition) is 2. The Labute approximate surface area is 204 Å². The van der Waals surface area contributed by atoms with Crippen LogP contribution in [0, 0.1) is 0 Å². The molecule has 12 heteroatoms. The number of hydrogen-bond acceptors (Lipinski definition) is 5. The lowest BCUT2D eigenvalue weighted by molar-refractivity contribution is -0.143. The molecule has 2 N–H and O–H groups in total. The quantitative estimate of drug-likeness (QED) is 0.497. The van der Waals surface area contributed by atoms with E-state index in [1.54, 1.807) is 12.1 Å². The summed E-state index contributed by atoms with van der Waals surface area (Å²) in [5, 5.41) is 12.4. The standard InChI is InChI=1S/C20H20BrCl2N3O5S/c1-20(19(29)25-16(18(27)28)7-12-3-4-17(21)24-11-12)5-2-6-26(20)32(30,31)15-9-13(22)8-14(23)10-15/h3-4,8-11,16H,2,5-7H2,1H3,(H,25,29)(H,27,28)/t16-,20-/m0/s1. The van der Waals surface area contributed by atoms with Crippen LogP contribution < -0.4 is 5.32 Å². The summed E-state index contributed by atoms with van der Waals surface area (Å²) in [5.74, 6) is -1.93. The van der Waals surface area contributed by atoms with Crippen molar-refractivity contribution in [1.82, 2.24) is 14.6 Å². The van der Waals surface area contributed by atoms with Gasteiger partial charge in [-0.1, -0.05) is 29.3 Å². The number of carboxylic acid groups (broad SMARTS) is 1. The summed E-state index contributed by atoms with van der Waals surface area (Å²) in [4.78, 5) is 28.9. The van der Waals surface area contributed by atoms with Crippen molar-refractivity contribution in [1.29, 1.82) is 0 Å². The van der Waals surface area contributed by atoms with Crippen LogP contribution in [0.25, 0.3) is 0 Å². The third-order valence-electron chi connectivity index (χ3n) is 5.32. The van der Waals surface area contributed by atoms with Crippen LogP contribution in [-0.2, 0) is 26.0 Å². The molecule has 0 saturated carbocycles. The number of amides is 1. The number of carbonyl (C=O) groups excluding carboxylic acids is 1. The minimum absolute atomic E-state index is 0.00587. The van der Waals surface area contributed by atoms with Gasteiger partial charge in [-0.05, 0) is 65.5 Å². The number of aromatic nitrogens is 1. The molecule has 0 unspecified atom stereocenters. The summed E-state index contributed by atoms with van der Waals surface area (Å²) in [6, 6.07) is 6.04. The molecule has 172 valence electrons. The van der Waals surface area contributed by atoms with E-state index in [0.29, 0.717) is 16.6 Å². The van der Waals surface area contributed by atoms with Crippen molar-refractivity contribution < 1.29 is 23.1 Å². The van der Waals surface area contributed by atoms with Crippen LogP contribution in [-0.4, -0.2) is 52.8 Å². The number of nitrogens with zero attached hydrogens (tertiary/aromatic N) is 2. The third-order valence-corrected chi connectivity index (χ3v) is 8.22. The van der Waals surface area contributed by atoms with Crippen LogP contribution in [0.5, 0.6) is 0 Å². The zero-order chi connectivity index (χ0) is 23.7. The lowest BCUT2D eigenvalue weighted by atomic mass is 9.98. The highest BCUT2D eigenvalue weighted by Gasteiger charge is 2.50. The Morgan fingerprint density at radius 3 is 2.50 bits per heavy atom. The number of sulfonamides is 1. The fourth-order valence-corrected chi connectivity index (χ4v) is 6.40. The highest BCUT2D eigenvalue weighted by atomic mass is 79.9. The second-order valence-corrected chi connectivity index (χ2v) is 11.2. The number of aliphatic carboxylic acids is 1. The number of halogens is 3. The monoisotopic (exact) mass is 563 g/mol. The van der Waals surface area contributed by atoms with E-state index in [9.17, 15) is 23.1 Å². The summed E-state index contributed by atoms with van der Waals surface area (Å²) in [6.45, 7) is 1.59. The first-order valence-electron chi connectivity index (χ1n) is 9.56. The largest absolute Gasteiger partial charge is 0.480 e. The topological polar surface area (TPSA) is 117 Å². The molecule has 1 fully saturated rings. The van der Waals surface area contributed by atoms with Crippen molar-refractivity contribution in [2.75, 3.05) is 6.54 Å². The van der Waals surface area contributed by atoms with Gasteiger partial charge >= 0.3 is 5.97 Å². The molecule has 1 aliphatic rings. The molecule has 1 aromatic heterocycles. The molecule has 8 nitrogen and oxygen atoms in total. The lowest BCUT2D eigenvalue weighted by Gasteiger charge is -2.34. The molecular formula is C20H20BrCl2N3O5S. The Hall–Kier alpha value is -1.72. The molecule has 0 bridgehead atoms. The Morgan fingerprint density at radius 1 is 1.28 bits per heavy atom. The van der Waals surface area contributed by atoms with Crippen molar-refractivity contribution in [2.24, 2.45) is 0 Å². The van der Waals surface area contributed by atoms with Gasteiger partial charge in [0.05, 0.1) is 4.90 Å². The molecule has 1 saturated heterocycles. The molecule has 2 aromatic rings. The van der Waals surface area contributed by atoms with Crippen LogP contribution in [0.15, 0.2) is 46.0 Å². The predicted molar refractivity (Wildman–Crippen MR) is 123 cm³/mol.